The predicted octanol–water partition coefficient (Wildman–Crippen LogP) is 2.11. The van der Waals surface area contributed by atoms with Gasteiger partial charge in [0.25, 0.3) is 0 Å². The lowest BCUT2D eigenvalue weighted by atomic mass is 10.1. The van der Waals surface area contributed by atoms with Crippen LogP contribution >= 0.6 is 15.9 Å². The highest BCUT2D eigenvalue weighted by atomic mass is 79.9. The van der Waals surface area contributed by atoms with E-state index in [0.29, 0.717) is 28.7 Å². The molecule has 0 aliphatic heterocycles. The summed E-state index contributed by atoms with van der Waals surface area (Å²) in [6.07, 6.45) is 1.21. The molecule has 0 bridgehead atoms. The molecule has 8 heteroatoms. The molecule has 20 heavy (non-hydrogen) atoms. The van der Waals surface area contributed by atoms with Crippen molar-refractivity contribution in [2.45, 2.75) is 19.4 Å². The Labute approximate surface area is 121 Å². The van der Waals surface area contributed by atoms with E-state index in [4.69, 9.17) is 0 Å². The van der Waals surface area contributed by atoms with E-state index < -0.39 is 17.2 Å². The summed E-state index contributed by atoms with van der Waals surface area (Å²) < 4.78 is 15.3. The van der Waals surface area contributed by atoms with Gasteiger partial charge in [-0.2, -0.15) is 0 Å². The molecule has 6 nitrogen and oxygen atoms in total. The molecular weight excluding hydrogens is 331 g/mol. The van der Waals surface area contributed by atoms with Crippen LogP contribution in [0.25, 0.3) is 11.4 Å². The molecule has 1 aliphatic carbocycles. The fourth-order valence-electron chi connectivity index (χ4n) is 2.03. The minimum atomic E-state index is -0.846. The number of carboxylic acid groups (broad SMARTS) is 1. The summed E-state index contributed by atoms with van der Waals surface area (Å²) in [5.74, 6) is -0.902. The van der Waals surface area contributed by atoms with Gasteiger partial charge in [-0.15, -0.1) is 5.10 Å². The second-order valence-electron chi connectivity index (χ2n) is 4.87. The first-order valence-electron chi connectivity index (χ1n) is 5.97. The van der Waals surface area contributed by atoms with Gasteiger partial charge in [0.1, 0.15) is 5.82 Å². The van der Waals surface area contributed by atoms with Crippen molar-refractivity contribution < 1.29 is 14.3 Å². The van der Waals surface area contributed by atoms with Gasteiger partial charge in [-0.25, -0.2) is 9.07 Å². The highest BCUT2D eigenvalue weighted by Crippen LogP contribution is 2.47. The smallest absolute Gasteiger partial charge is 0.311 e. The molecule has 1 aliphatic rings. The van der Waals surface area contributed by atoms with Gasteiger partial charge in [0, 0.05) is 5.56 Å². The maximum absolute atomic E-state index is 13.6. The van der Waals surface area contributed by atoms with E-state index in [2.05, 4.69) is 31.5 Å². The molecule has 104 valence electrons. The van der Waals surface area contributed by atoms with Crippen molar-refractivity contribution in [1.82, 2.24) is 20.2 Å². The van der Waals surface area contributed by atoms with E-state index in [1.54, 1.807) is 12.1 Å². The summed E-state index contributed by atoms with van der Waals surface area (Å²) in [5, 5.41) is 20.4. The molecule has 1 heterocycles. The number of tetrazole rings is 1. The van der Waals surface area contributed by atoms with Gasteiger partial charge in [-0.1, -0.05) is 0 Å². The lowest BCUT2D eigenvalue weighted by Gasteiger charge is -2.10. The molecule has 0 unspecified atom stereocenters. The standard InChI is InChI=1S/C12H10BrFN4O2/c13-8-2-1-7(5-9(8)14)10-15-16-17-18(10)6-12(3-4-12)11(19)20/h1-2,5H,3-4,6H2,(H,19,20). The first-order chi connectivity index (χ1) is 9.52. The monoisotopic (exact) mass is 340 g/mol. The Hall–Kier alpha value is -1.83. The fourth-order valence-corrected chi connectivity index (χ4v) is 2.28. The summed E-state index contributed by atoms with van der Waals surface area (Å²) in [5.41, 5.74) is -0.269. The van der Waals surface area contributed by atoms with Crippen LogP contribution in [0.1, 0.15) is 12.8 Å². The Bertz CT molecular complexity index is 684. The number of rotatable bonds is 4. The number of halogens is 2. The predicted molar refractivity (Wildman–Crippen MR) is 70.2 cm³/mol. The zero-order valence-corrected chi connectivity index (χ0v) is 11.8. The van der Waals surface area contributed by atoms with E-state index >= 15 is 0 Å². The van der Waals surface area contributed by atoms with Crippen molar-refractivity contribution in [2.24, 2.45) is 5.41 Å². The second kappa shape index (κ2) is 4.62. The van der Waals surface area contributed by atoms with Crippen molar-refractivity contribution in [3.8, 4) is 11.4 Å². The quantitative estimate of drug-likeness (QED) is 0.921. The normalized spacial score (nSPS) is 16.1. The highest BCUT2D eigenvalue weighted by molar-refractivity contribution is 9.10. The lowest BCUT2D eigenvalue weighted by Crippen LogP contribution is -2.22. The Morgan fingerprint density at radius 1 is 1.50 bits per heavy atom. The molecule has 0 radical (unpaired) electrons. The molecular formula is C12H10BrFN4O2. The van der Waals surface area contributed by atoms with E-state index in [1.807, 2.05) is 0 Å². The van der Waals surface area contributed by atoms with Gasteiger partial charge in [-0.3, -0.25) is 4.79 Å². The van der Waals surface area contributed by atoms with E-state index in [9.17, 15) is 14.3 Å². The maximum atomic E-state index is 13.6. The van der Waals surface area contributed by atoms with Crippen molar-refractivity contribution in [3.63, 3.8) is 0 Å². The van der Waals surface area contributed by atoms with Crippen LogP contribution in [0, 0.1) is 11.2 Å². The van der Waals surface area contributed by atoms with E-state index in [1.165, 1.54) is 10.7 Å². The molecule has 1 aromatic heterocycles. The average molecular weight is 341 g/mol. The summed E-state index contributed by atoms with van der Waals surface area (Å²) in [6.45, 7) is 0.197. The summed E-state index contributed by atoms with van der Waals surface area (Å²) in [4.78, 5) is 11.2. The Kier molecular flexibility index (Phi) is 3.04. The topological polar surface area (TPSA) is 80.9 Å². The molecule has 3 rings (SSSR count). The third-order valence-electron chi connectivity index (χ3n) is 3.47. The number of nitrogens with zero attached hydrogens (tertiary/aromatic N) is 4. The van der Waals surface area contributed by atoms with E-state index in [-0.39, 0.29) is 6.54 Å². The molecule has 1 saturated carbocycles. The number of carboxylic acids is 1. The van der Waals surface area contributed by atoms with E-state index in [0.717, 1.165) is 0 Å². The fraction of sp³-hybridized carbons (Fsp3) is 0.333. The van der Waals surface area contributed by atoms with Crippen LogP contribution < -0.4 is 0 Å². The first-order valence-corrected chi connectivity index (χ1v) is 6.76. The van der Waals surface area contributed by atoms with Crippen LogP contribution in [0.3, 0.4) is 0 Å². The zero-order valence-electron chi connectivity index (χ0n) is 10.3. The second-order valence-corrected chi connectivity index (χ2v) is 5.73. The molecule has 0 spiro atoms. The summed E-state index contributed by atoms with van der Waals surface area (Å²) >= 11 is 3.08. The van der Waals surface area contributed by atoms with Gasteiger partial charge in [0.15, 0.2) is 5.82 Å². The maximum Gasteiger partial charge on any atom is 0.311 e. The molecule has 0 amide bonds. The molecule has 0 atom stereocenters. The summed E-state index contributed by atoms with van der Waals surface area (Å²) in [7, 11) is 0. The first kappa shape index (κ1) is 13.2. The number of carbonyl (C=O) groups is 1. The largest absolute Gasteiger partial charge is 0.481 e. The third-order valence-corrected chi connectivity index (χ3v) is 4.11. The highest BCUT2D eigenvalue weighted by Gasteiger charge is 2.51. The van der Waals surface area contributed by atoms with Crippen LogP contribution in [-0.4, -0.2) is 31.3 Å². The van der Waals surface area contributed by atoms with Crippen molar-refractivity contribution in [1.29, 1.82) is 0 Å². The molecule has 0 saturated heterocycles. The lowest BCUT2D eigenvalue weighted by molar-refractivity contribution is -0.144. The minimum Gasteiger partial charge on any atom is -0.481 e. The van der Waals surface area contributed by atoms with Crippen molar-refractivity contribution >= 4 is 21.9 Å². The number of aliphatic carboxylic acids is 1. The number of hydrogen-bond acceptors (Lipinski definition) is 4. The van der Waals surface area contributed by atoms with Gasteiger partial charge >= 0.3 is 5.97 Å². The SMILES string of the molecule is O=C(O)C1(Cn2nnnc2-c2ccc(Br)c(F)c2)CC1. The van der Waals surface area contributed by atoms with Crippen LogP contribution in [0.2, 0.25) is 0 Å². The molecule has 1 aromatic carbocycles. The third kappa shape index (κ3) is 2.20. The molecule has 1 N–H and O–H groups in total. The molecule has 1 fully saturated rings. The number of aromatic nitrogens is 4. The number of benzene rings is 1. The average Bonchev–Trinajstić information content (AvgIpc) is 3.05. The Morgan fingerprint density at radius 2 is 2.25 bits per heavy atom. The number of hydrogen-bond donors (Lipinski definition) is 1. The zero-order chi connectivity index (χ0) is 14.3. The van der Waals surface area contributed by atoms with Crippen LogP contribution in [-0.2, 0) is 11.3 Å². The van der Waals surface area contributed by atoms with Crippen LogP contribution in [0.4, 0.5) is 4.39 Å². The van der Waals surface area contributed by atoms with Gasteiger partial charge in [0.2, 0.25) is 0 Å². The van der Waals surface area contributed by atoms with Crippen molar-refractivity contribution in [2.75, 3.05) is 0 Å². The van der Waals surface area contributed by atoms with Crippen LogP contribution in [0.15, 0.2) is 22.7 Å². The minimum absolute atomic E-state index is 0.197. The van der Waals surface area contributed by atoms with Gasteiger partial charge < -0.3 is 5.11 Å². The van der Waals surface area contributed by atoms with Crippen LogP contribution in [0.5, 0.6) is 0 Å². The van der Waals surface area contributed by atoms with Crippen molar-refractivity contribution in [3.05, 3.63) is 28.5 Å². The van der Waals surface area contributed by atoms with Gasteiger partial charge in [-0.05, 0) is 57.4 Å². The van der Waals surface area contributed by atoms with Gasteiger partial charge in [0.05, 0.1) is 16.4 Å². The Morgan fingerprint density at radius 3 is 2.85 bits per heavy atom. The molecule has 2 aromatic rings. The summed E-state index contributed by atoms with van der Waals surface area (Å²) in [6, 6.07) is 4.55. The Balaban J connectivity index is 1.94.